The summed E-state index contributed by atoms with van der Waals surface area (Å²) >= 11 is 1.17. The molecule has 1 fully saturated rings. The van der Waals surface area contributed by atoms with Crippen molar-refractivity contribution >= 4 is 48.7 Å². The van der Waals surface area contributed by atoms with Crippen molar-refractivity contribution in [2.75, 3.05) is 25.5 Å². The number of benzene rings is 2. The van der Waals surface area contributed by atoms with Crippen LogP contribution in [-0.2, 0) is 14.8 Å². The van der Waals surface area contributed by atoms with Gasteiger partial charge in [0.25, 0.3) is 0 Å². The highest BCUT2D eigenvalue weighted by Crippen LogP contribution is 2.30. The van der Waals surface area contributed by atoms with E-state index in [2.05, 4.69) is 10.3 Å². The number of halogens is 1. The molecule has 32 heavy (non-hydrogen) atoms. The van der Waals surface area contributed by atoms with Crippen molar-refractivity contribution in [3.8, 4) is 5.75 Å². The molecule has 0 aliphatic carbocycles. The van der Waals surface area contributed by atoms with Crippen LogP contribution in [0, 0.1) is 5.82 Å². The number of carbonyl (C=O) groups is 1. The number of piperidine rings is 1. The van der Waals surface area contributed by atoms with Gasteiger partial charge in [0.2, 0.25) is 15.9 Å². The predicted octanol–water partition coefficient (Wildman–Crippen LogP) is 4.27. The average molecular weight is 476 g/mol. The van der Waals surface area contributed by atoms with E-state index in [-0.39, 0.29) is 16.5 Å². The molecule has 1 aliphatic rings. The molecule has 0 spiro atoms. The lowest BCUT2D eigenvalue weighted by molar-refractivity contribution is -0.111. The molecular weight excluding hydrogens is 453 g/mol. The fourth-order valence-electron chi connectivity index (χ4n) is 3.51. The molecule has 1 amide bonds. The van der Waals surface area contributed by atoms with Crippen LogP contribution in [0.5, 0.6) is 5.75 Å². The van der Waals surface area contributed by atoms with Crippen LogP contribution in [0.1, 0.15) is 24.8 Å². The van der Waals surface area contributed by atoms with Gasteiger partial charge in [0.15, 0.2) is 5.13 Å². The van der Waals surface area contributed by atoms with E-state index in [1.807, 2.05) is 0 Å². The molecule has 10 heteroatoms. The number of rotatable bonds is 6. The van der Waals surface area contributed by atoms with Gasteiger partial charge >= 0.3 is 0 Å². The third-order valence-electron chi connectivity index (χ3n) is 5.13. The highest BCUT2D eigenvalue weighted by molar-refractivity contribution is 7.89. The molecule has 1 aromatic heterocycles. The zero-order chi connectivity index (χ0) is 22.7. The SMILES string of the molecule is COc1ccc(C=CC(=O)Nc2nc3ccc(F)cc3s2)cc1S(=O)(=O)N1CCCCC1. The minimum atomic E-state index is -3.70. The van der Waals surface area contributed by atoms with Crippen molar-refractivity contribution < 1.29 is 22.3 Å². The fourth-order valence-corrected chi connectivity index (χ4v) is 6.12. The summed E-state index contributed by atoms with van der Waals surface area (Å²) in [4.78, 5) is 16.7. The molecule has 0 bridgehead atoms. The van der Waals surface area contributed by atoms with E-state index in [0.717, 1.165) is 19.3 Å². The first-order valence-electron chi connectivity index (χ1n) is 10.1. The maximum atomic E-state index is 13.3. The number of hydrogen-bond acceptors (Lipinski definition) is 6. The van der Waals surface area contributed by atoms with Gasteiger partial charge < -0.3 is 4.74 Å². The molecule has 1 aliphatic heterocycles. The molecule has 3 aromatic rings. The van der Waals surface area contributed by atoms with Crippen LogP contribution in [0.25, 0.3) is 16.3 Å². The van der Waals surface area contributed by atoms with Gasteiger partial charge in [-0.3, -0.25) is 10.1 Å². The van der Waals surface area contributed by atoms with Crippen molar-refractivity contribution in [1.82, 2.24) is 9.29 Å². The number of hydrogen-bond donors (Lipinski definition) is 1. The largest absolute Gasteiger partial charge is 0.495 e. The van der Waals surface area contributed by atoms with Gasteiger partial charge in [-0.05, 0) is 54.8 Å². The van der Waals surface area contributed by atoms with Gasteiger partial charge in [-0.1, -0.05) is 23.8 Å². The van der Waals surface area contributed by atoms with Crippen LogP contribution < -0.4 is 10.1 Å². The number of fused-ring (bicyclic) bond motifs is 1. The monoisotopic (exact) mass is 475 g/mol. The summed E-state index contributed by atoms with van der Waals surface area (Å²) in [5.41, 5.74) is 1.14. The number of nitrogens with one attached hydrogen (secondary N) is 1. The Bertz CT molecular complexity index is 1280. The van der Waals surface area contributed by atoms with Gasteiger partial charge in [-0.25, -0.2) is 17.8 Å². The molecule has 7 nitrogen and oxygen atoms in total. The third-order valence-corrected chi connectivity index (χ3v) is 7.98. The van der Waals surface area contributed by atoms with Crippen LogP contribution in [0.4, 0.5) is 9.52 Å². The normalized spacial score (nSPS) is 15.3. The second-order valence-electron chi connectivity index (χ2n) is 7.33. The van der Waals surface area contributed by atoms with Gasteiger partial charge in [0.05, 0.1) is 17.3 Å². The summed E-state index contributed by atoms with van der Waals surface area (Å²) < 4.78 is 46.9. The molecule has 168 valence electrons. The third kappa shape index (κ3) is 4.82. The fraction of sp³-hybridized carbons (Fsp3) is 0.273. The lowest BCUT2D eigenvalue weighted by atomic mass is 10.2. The average Bonchev–Trinajstić information content (AvgIpc) is 3.19. The standard InChI is InChI=1S/C22H22FN3O4S2/c1-30-18-9-5-15(13-20(18)32(28,29)26-11-3-2-4-12-26)6-10-21(27)25-22-24-17-8-7-16(23)14-19(17)31-22/h5-10,13-14H,2-4,11-12H2,1H3,(H,24,25,27). The van der Waals surface area contributed by atoms with E-state index in [4.69, 9.17) is 4.74 Å². The predicted molar refractivity (Wildman–Crippen MR) is 123 cm³/mol. The van der Waals surface area contributed by atoms with E-state index in [9.17, 15) is 17.6 Å². The summed E-state index contributed by atoms with van der Waals surface area (Å²) in [6.45, 7) is 0.972. The quantitative estimate of drug-likeness (QED) is 0.538. The molecule has 2 heterocycles. The molecule has 2 aromatic carbocycles. The minimum Gasteiger partial charge on any atom is -0.495 e. The molecular formula is C22H22FN3O4S2. The maximum Gasteiger partial charge on any atom is 0.250 e. The molecule has 0 saturated carbocycles. The van der Waals surface area contributed by atoms with Gasteiger partial charge in [0, 0.05) is 19.2 Å². The smallest absolute Gasteiger partial charge is 0.250 e. The topological polar surface area (TPSA) is 88.6 Å². The Kier molecular flexibility index (Phi) is 6.54. The van der Waals surface area contributed by atoms with Gasteiger partial charge in [0.1, 0.15) is 16.5 Å². The Balaban J connectivity index is 1.52. The van der Waals surface area contributed by atoms with Crippen molar-refractivity contribution in [2.45, 2.75) is 24.2 Å². The number of anilines is 1. The van der Waals surface area contributed by atoms with Crippen LogP contribution >= 0.6 is 11.3 Å². The Morgan fingerprint density at radius 1 is 1.19 bits per heavy atom. The van der Waals surface area contributed by atoms with Crippen molar-refractivity contribution in [1.29, 1.82) is 0 Å². The highest BCUT2D eigenvalue weighted by Gasteiger charge is 2.29. The van der Waals surface area contributed by atoms with E-state index >= 15 is 0 Å². The number of methoxy groups -OCH3 is 1. The summed E-state index contributed by atoms with van der Waals surface area (Å²) in [7, 11) is -2.27. The first kappa shape index (κ1) is 22.4. The summed E-state index contributed by atoms with van der Waals surface area (Å²) in [5.74, 6) is -0.534. The lowest BCUT2D eigenvalue weighted by Gasteiger charge is -2.26. The first-order valence-corrected chi connectivity index (χ1v) is 12.4. The van der Waals surface area contributed by atoms with E-state index in [1.165, 1.54) is 53.1 Å². The number of carbonyl (C=O) groups excluding carboxylic acids is 1. The Morgan fingerprint density at radius 2 is 1.97 bits per heavy atom. The zero-order valence-corrected chi connectivity index (χ0v) is 19.0. The number of sulfonamides is 1. The Labute approximate surface area is 189 Å². The maximum absolute atomic E-state index is 13.3. The van der Waals surface area contributed by atoms with E-state index < -0.39 is 15.9 Å². The van der Waals surface area contributed by atoms with Crippen molar-refractivity contribution in [3.63, 3.8) is 0 Å². The minimum absolute atomic E-state index is 0.0812. The van der Waals surface area contributed by atoms with Crippen molar-refractivity contribution in [3.05, 3.63) is 53.9 Å². The summed E-state index contributed by atoms with van der Waals surface area (Å²) in [6.07, 6.45) is 5.51. The molecule has 0 radical (unpaired) electrons. The van der Waals surface area contributed by atoms with E-state index in [0.29, 0.717) is 34.0 Å². The summed E-state index contributed by atoms with van der Waals surface area (Å²) in [6, 6.07) is 8.99. The van der Waals surface area contributed by atoms with Crippen LogP contribution in [0.3, 0.4) is 0 Å². The second-order valence-corrected chi connectivity index (χ2v) is 10.3. The number of aromatic nitrogens is 1. The lowest BCUT2D eigenvalue weighted by Crippen LogP contribution is -2.35. The Morgan fingerprint density at radius 3 is 2.72 bits per heavy atom. The van der Waals surface area contributed by atoms with Crippen LogP contribution in [0.15, 0.2) is 47.4 Å². The van der Waals surface area contributed by atoms with Crippen molar-refractivity contribution in [2.24, 2.45) is 0 Å². The number of nitrogens with zero attached hydrogens (tertiary/aromatic N) is 2. The number of amides is 1. The molecule has 1 saturated heterocycles. The summed E-state index contributed by atoms with van der Waals surface area (Å²) in [5, 5.41) is 3.00. The number of ether oxygens (including phenoxy) is 1. The molecule has 0 unspecified atom stereocenters. The Hall–Kier alpha value is -2.82. The molecule has 0 atom stereocenters. The zero-order valence-electron chi connectivity index (χ0n) is 17.4. The second kappa shape index (κ2) is 9.35. The molecule has 4 rings (SSSR count). The van der Waals surface area contributed by atoms with Crippen LogP contribution in [0.2, 0.25) is 0 Å². The first-order chi connectivity index (χ1) is 15.4. The van der Waals surface area contributed by atoms with Gasteiger partial charge in [-0.15, -0.1) is 0 Å². The van der Waals surface area contributed by atoms with E-state index in [1.54, 1.807) is 18.2 Å². The van der Waals surface area contributed by atoms with Gasteiger partial charge in [-0.2, -0.15) is 4.31 Å². The van der Waals surface area contributed by atoms with Crippen LogP contribution in [-0.4, -0.2) is 43.8 Å². The number of thiazole rings is 1. The highest BCUT2D eigenvalue weighted by atomic mass is 32.2. The molecule has 1 N–H and O–H groups in total.